The number of hydrogen-bond donors (Lipinski definition) is 2. The first kappa shape index (κ1) is 19.5. The van der Waals surface area contributed by atoms with E-state index < -0.39 is 6.61 Å². The molecule has 0 fully saturated rings. The molecule has 0 atom stereocenters. The molecular formula is C19H22F2N2O3. The normalized spacial score (nSPS) is 10.7. The predicted molar refractivity (Wildman–Crippen MR) is 96.0 cm³/mol. The Bertz CT molecular complexity index is 751. The van der Waals surface area contributed by atoms with Gasteiger partial charge in [-0.2, -0.15) is 8.78 Å². The van der Waals surface area contributed by atoms with Gasteiger partial charge in [0.1, 0.15) is 0 Å². The monoisotopic (exact) mass is 364 g/mol. The predicted octanol–water partition coefficient (Wildman–Crippen LogP) is 4.74. The molecule has 0 unspecified atom stereocenters. The summed E-state index contributed by atoms with van der Waals surface area (Å²) in [6.45, 7) is 1.28. The van der Waals surface area contributed by atoms with Crippen LogP contribution in [0.2, 0.25) is 0 Å². The number of ether oxygens (including phenoxy) is 2. The SMILES string of the molecule is COc1ccc(CNC(=O)Nc2ccccc2C(C)C)cc1OC(F)F. The molecule has 0 spiro atoms. The van der Waals surface area contributed by atoms with Crippen LogP contribution in [-0.2, 0) is 6.54 Å². The highest BCUT2D eigenvalue weighted by Gasteiger charge is 2.12. The third-order valence-corrected chi connectivity index (χ3v) is 3.73. The summed E-state index contributed by atoms with van der Waals surface area (Å²) in [6.07, 6.45) is 0. The lowest BCUT2D eigenvalue weighted by atomic mass is 10.0. The molecule has 2 aromatic rings. The minimum atomic E-state index is -2.96. The Balaban J connectivity index is 2.01. The summed E-state index contributed by atoms with van der Waals surface area (Å²) < 4.78 is 34.4. The lowest BCUT2D eigenvalue weighted by Gasteiger charge is -2.15. The van der Waals surface area contributed by atoms with E-state index in [1.165, 1.54) is 19.2 Å². The van der Waals surface area contributed by atoms with Crippen LogP contribution in [0.15, 0.2) is 42.5 Å². The molecule has 0 saturated carbocycles. The second kappa shape index (κ2) is 9.03. The van der Waals surface area contributed by atoms with Crippen molar-refractivity contribution < 1.29 is 23.0 Å². The van der Waals surface area contributed by atoms with E-state index in [0.717, 1.165) is 11.3 Å². The molecule has 0 bridgehead atoms. The number of benzene rings is 2. The number of nitrogens with one attached hydrogen (secondary N) is 2. The Morgan fingerprint density at radius 3 is 2.50 bits per heavy atom. The smallest absolute Gasteiger partial charge is 0.387 e. The Morgan fingerprint density at radius 2 is 1.85 bits per heavy atom. The van der Waals surface area contributed by atoms with Crippen LogP contribution in [-0.4, -0.2) is 19.8 Å². The van der Waals surface area contributed by atoms with Crippen LogP contribution < -0.4 is 20.1 Å². The number of para-hydroxylation sites is 1. The largest absolute Gasteiger partial charge is 0.493 e. The molecule has 26 heavy (non-hydrogen) atoms. The maximum Gasteiger partial charge on any atom is 0.387 e. The Labute approximate surface area is 151 Å². The lowest BCUT2D eigenvalue weighted by molar-refractivity contribution is -0.0512. The van der Waals surface area contributed by atoms with Crippen LogP contribution in [0.25, 0.3) is 0 Å². The molecule has 0 aliphatic heterocycles. The van der Waals surface area contributed by atoms with E-state index in [1.54, 1.807) is 6.07 Å². The first-order valence-corrected chi connectivity index (χ1v) is 8.16. The van der Waals surface area contributed by atoms with Gasteiger partial charge in [0.2, 0.25) is 0 Å². The Hall–Kier alpha value is -2.83. The van der Waals surface area contributed by atoms with E-state index >= 15 is 0 Å². The van der Waals surface area contributed by atoms with Crippen LogP contribution in [0.3, 0.4) is 0 Å². The zero-order valence-electron chi connectivity index (χ0n) is 14.9. The number of rotatable bonds is 7. The molecule has 2 aromatic carbocycles. The second-order valence-electron chi connectivity index (χ2n) is 5.91. The molecule has 0 aliphatic carbocycles. The fourth-order valence-electron chi connectivity index (χ4n) is 2.48. The maximum atomic E-state index is 12.5. The molecule has 0 heterocycles. The average molecular weight is 364 g/mol. The topological polar surface area (TPSA) is 59.6 Å². The summed E-state index contributed by atoms with van der Waals surface area (Å²) in [5.41, 5.74) is 2.37. The van der Waals surface area contributed by atoms with Gasteiger partial charge < -0.3 is 20.1 Å². The number of carbonyl (C=O) groups excluding carboxylic acids is 1. The van der Waals surface area contributed by atoms with E-state index in [0.29, 0.717) is 5.56 Å². The van der Waals surface area contributed by atoms with Crippen LogP contribution in [0.1, 0.15) is 30.9 Å². The van der Waals surface area contributed by atoms with Crippen molar-refractivity contribution in [1.29, 1.82) is 0 Å². The first-order chi connectivity index (χ1) is 12.4. The van der Waals surface area contributed by atoms with Crippen LogP contribution >= 0.6 is 0 Å². The van der Waals surface area contributed by atoms with E-state index in [2.05, 4.69) is 15.4 Å². The zero-order chi connectivity index (χ0) is 19.1. The van der Waals surface area contributed by atoms with E-state index in [-0.39, 0.29) is 30.0 Å². The van der Waals surface area contributed by atoms with Crippen molar-refractivity contribution in [3.05, 3.63) is 53.6 Å². The lowest BCUT2D eigenvalue weighted by Crippen LogP contribution is -2.28. The highest BCUT2D eigenvalue weighted by molar-refractivity contribution is 5.90. The highest BCUT2D eigenvalue weighted by atomic mass is 19.3. The number of anilines is 1. The summed E-state index contributed by atoms with van der Waals surface area (Å²) in [4.78, 5) is 12.1. The van der Waals surface area contributed by atoms with Crippen molar-refractivity contribution in [3.8, 4) is 11.5 Å². The van der Waals surface area contributed by atoms with Gasteiger partial charge >= 0.3 is 12.6 Å². The van der Waals surface area contributed by atoms with E-state index in [1.807, 2.05) is 38.1 Å². The highest BCUT2D eigenvalue weighted by Crippen LogP contribution is 2.29. The second-order valence-corrected chi connectivity index (χ2v) is 5.91. The summed E-state index contributed by atoms with van der Waals surface area (Å²) in [6, 6.07) is 11.8. The quantitative estimate of drug-likeness (QED) is 0.746. The summed E-state index contributed by atoms with van der Waals surface area (Å²) >= 11 is 0. The minimum absolute atomic E-state index is 0.0765. The Kier molecular flexibility index (Phi) is 6.77. The van der Waals surface area contributed by atoms with Crippen molar-refractivity contribution >= 4 is 11.7 Å². The number of urea groups is 1. The molecule has 2 amide bonds. The van der Waals surface area contributed by atoms with Crippen molar-refractivity contribution in [3.63, 3.8) is 0 Å². The number of halogens is 2. The fourth-order valence-corrected chi connectivity index (χ4v) is 2.48. The first-order valence-electron chi connectivity index (χ1n) is 8.16. The summed E-state index contributed by atoms with van der Waals surface area (Å²) in [5.74, 6) is 0.388. The van der Waals surface area contributed by atoms with Gasteiger partial charge in [-0.25, -0.2) is 4.79 Å². The molecule has 0 aromatic heterocycles. The zero-order valence-corrected chi connectivity index (χ0v) is 14.9. The number of amides is 2. The third-order valence-electron chi connectivity index (χ3n) is 3.73. The molecular weight excluding hydrogens is 342 g/mol. The fraction of sp³-hybridized carbons (Fsp3) is 0.316. The molecule has 7 heteroatoms. The molecule has 2 rings (SSSR count). The van der Waals surface area contributed by atoms with Crippen LogP contribution in [0, 0.1) is 0 Å². The van der Waals surface area contributed by atoms with Crippen molar-refractivity contribution in [2.75, 3.05) is 12.4 Å². The van der Waals surface area contributed by atoms with Gasteiger partial charge in [0.25, 0.3) is 0 Å². The average Bonchev–Trinajstić information content (AvgIpc) is 2.60. The van der Waals surface area contributed by atoms with Gasteiger partial charge in [0, 0.05) is 12.2 Å². The molecule has 140 valence electrons. The number of carbonyl (C=O) groups is 1. The van der Waals surface area contributed by atoms with Gasteiger partial charge in [0.15, 0.2) is 11.5 Å². The van der Waals surface area contributed by atoms with E-state index in [4.69, 9.17) is 4.74 Å². The Morgan fingerprint density at radius 1 is 1.12 bits per heavy atom. The van der Waals surface area contributed by atoms with Crippen molar-refractivity contribution in [1.82, 2.24) is 5.32 Å². The standard InChI is InChI=1S/C19H22F2N2O3/c1-12(2)14-6-4-5-7-15(14)23-19(24)22-11-13-8-9-16(25-3)17(10-13)26-18(20)21/h4-10,12,18H,11H2,1-3H3,(H2,22,23,24). The molecule has 0 aliphatic rings. The van der Waals surface area contributed by atoms with Crippen LogP contribution in [0.4, 0.5) is 19.3 Å². The van der Waals surface area contributed by atoms with Gasteiger partial charge in [-0.1, -0.05) is 38.1 Å². The van der Waals surface area contributed by atoms with Crippen molar-refractivity contribution in [2.24, 2.45) is 0 Å². The maximum absolute atomic E-state index is 12.5. The molecule has 5 nitrogen and oxygen atoms in total. The summed E-state index contributed by atoms with van der Waals surface area (Å²) in [5, 5.41) is 5.50. The summed E-state index contributed by atoms with van der Waals surface area (Å²) in [7, 11) is 1.37. The molecule has 0 saturated heterocycles. The molecule has 2 N–H and O–H groups in total. The number of methoxy groups -OCH3 is 1. The van der Waals surface area contributed by atoms with Gasteiger partial charge in [0.05, 0.1) is 7.11 Å². The number of hydrogen-bond acceptors (Lipinski definition) is 3. The van der Waals surface area contributed by atoms with Crippen LogP contribution in [0.5, 0.6) is 11.5 Å². The molecule has 0 radical (unpaired) electrons. The van der Waals surface area contributed by atoms with E-state index in [9.17, 15) is 13.6 Å². The minimum Gasteiger partial charge on any atom is -0.493 e. The van der Waals surface area contributed by atoms with Gasteiger partial charge in [-0.3, -0.25) is 0 Å². The van der Waals surface area contributed by atoms with Crippen molar-refractivity contribution in [2.45, 2.75) is 32.9 Å². The third kappa shape index (κ3) is 5.34. The van der Waals surface area contributed by atoms with Gasteiger partial charge in [-0.15, -0.1) is 0 Å². The number of alkyl halides is 2. The van der Waals surface area contributed by atoms with Gasteiger partial charge in [-0.05, 0) is 35.2 Å².